The predicted molar refractivity (Wildman–Crippen MR) is 115 cm³/mol. The number of aromatic nitrogens is 2. The molecule has 2 aromatic carbocycles. The molecule has 6 nitrogen and oxygen atoms in total. The van der Waals surface area contributed by atoms with E-state index < -0.39 is 0 Å². The Kier molecular flexibility index (Phi) is 5.89. The summed E-state index contributed by atoms with van der Waals surface area (Å²) >= 11 is 0. The van der Waals surface area contributed by atoms with Crippen molar-refractivity contribution in [1.82, 2.24) is 9.97 Å². The van der Waals surface area contributed by atoms with Crippen LogP contribution in [0.2, 0.25) is 0 Å². The van der Waals surface area contributed by atoms with Crippen LogP contribution < -0.4 is 16.0 Å². The van der Waals surface area contributed by atoms with Crippen LogP contribution in [-0.2, 0) is 0 Å². The molecule has 3 aromatic rings. The summed E-state index contributed by atoms with van der Waals surface area (Å²) in [4.78, 5) is 21.3. The Hall–Kier alpha value is -3.41. The Morgan fingerprint density at radius 2 is 1.54 bits per heavy atom. The second-order valence-corrected chi connectivity index (χ2v) is 6.78. The summed E-state index contributed by atoms with van der Waals surface area (Å²) < 4.78 is 0. The first-order chi connectivity index (χ1) is 13.4. The van der Waals surface area contributed by atoms with E-state index in [9.17, 15) is 4.79 Å². The quantitative estimate of drug-likeness (QED) is 0.575. The lowest BCUT2D eigenvalue weighted by Gasteiger charge is -2.11. The van der Waals surface area contributed by atoms with Gasteiger partial charge in [0.25, 0.3) is 5.91 Å². The molecule has 28 heavy (non-hydrogen) atoms. The molecule has 0 atom stereocenters. The number of hydrogen-bond acceptors (Lipinski definition) is 5. The maximum atomic E-state index is 12.5. The molecule has 0 aliphatic carbocycles. The molecule has 0 saturated heterocycles. The number of amides is 1. The van der Waals surface area contributed by atoms with Crippen LogP contribution in [0.25, 0.3) is 0 Å². The zero-order valence-corrected chi connectivity index (χ0v) is 16.6. The van der Waals surface area contributed by atoms with Crippen molar-refractivity contribution in [1.29, 1.82) is 0 Å². The molecule has 1 heterocycles. The second kappa shape index (κ2) is 8.52. The smallest absolute Gasteiger partial charge is 0.255 e. The van der Waals surface area contributed by atoms with Crippen LogP contribution >= 0.6 is 0 Å². The summed E-state index contributed by atoms with van der Waals surface area (Å²) in [6, 6.07) is 15.2. The van der Waals surface area contributed by atoms with Gasteiger partial charge in [-0.05, 0) is 64.1 Å². The van der Waals surface area contributed by atoms with Crippen molar-refractivity contribution in [3.05, 3.63) is 70.9 Å². The average molecular weight is 375 g/mol. The molecule has 0 saturated carbocycles. The predicted octanol–water partition coefficient (Wildman–Crippen LogP) is 4.83. The molecule has 0 spiro atoms. The minimum atomic E-state index is -0.116. The van der Waals surface area contributed by atoms with Gasteiger partial charge < -0.3 is 16.0 Å². The third kappa shape index (κ3) is 5.07. The molecular formula is C22H25N5O. The first-order valence-corrected chi connectivity index (χ1v) is 9.29. The Morgan fingerprint density at radius 3 is 2.18 bits per heavy atom. The van der Waals surface area contributed by atoms with E-state index in [0.717, 1.165) is 40.6 Å². The van der Waals surface area contributed by atoms with Crippen LogP contribution in [0.5, 0.6) is 0 Å². The molecule has 0 fully saturated rings. The highest BCUT2D eigenvalue weighted by molar-refractivity contribution is 6.04. The normalized spacial score (nSPS) is 10.4. The van der Waals surface area contributed by atoms with Crippen LogP contribution in [-0.4, -0.2) is 22.4 Å². The number of nitrogens with one attached hydrogen (secondary N) is 3. The van der Waals surface area contributed by atoms with E-state index in [-0.39, 0.29) is 5.91 Å². The van der Waals surface area contributed by atoms with Crippen molar-refractivity contribution in [3.63, 3.8) is 0 Å². The van der Waals surface area contributed by atoms with Gasteiger partial charge in [-0.1, -0.05) is 17.2 Å². The van der Waals surface area contributed by atoms with Crippen LogP contribution in [0.1, 0.15) is 34.1 Å². The molecular weight excluding hydrogens is 350 g/mol. The molecule has 0 aliphatic heterocycles. The SMILES string of the molecule is CCNc1nc(C)cc(Nc2ccc(NC(=O)c3cc(C)cc(C)c3)cc2)n1. The van der Waals surface area contributed by atoms with Gasteiger partial charge in [-0.15, -0.1) is 0 Å². The molecule has 6 heteroatoms. The molecule has 1 amide bonds. The van der Waals surface area contributed by atoms with Crippen molar-refractivity contribution in [3.8, 4) is 0 Å². The highest BCUT2D eigenvalue weighted by Crippen LogP contribution is 2.20. The summed E-state index contributed by atoms with van der Waals surface area (Å²) in [5, 5.41) is 9.32. The number of carbonyl (C=O) groups is 1. The number of carbonyl (C=O) groups excluding carboxylic acids is 1. The zero-order valence-electron chi connectivity index (χ0n) is 16.6. The first-order valence-electron chi connectivity index (χ1n) is 9.29. The van der Waals surface area contributed by atoms with E-state index in [1.165, 1.54) is 0 Å². The van der Waals surface area contributed by atoms with E-state index in [2.05, 4.69) is 25.9 Å². The van der Waals surface area contributed by atoms with Gasteiger partial charge >= 0.3 is 0 Å². The molecule has 144 valence electrons. The Labute approximate surface area is 165 Å². The van der Waals surface area contributed by atoms with E-state index in [1.807, 2.05) is 76.2 Å². The van der Waals surface area contributed by atoms with Crippen LogP contribution in [0, 0.1) is 20.8 Å². The molecule has 1 aromatic heterocycles. The lowest BCUT2D eigenvalue weighted by atomic mass is 10.1. The number of rotatable bonds is 6. The van der Waals surface area contributed by atoms with Crippen LogP contribution in [0.15, 0.2) is 48.5 Å². The minimum Gasteiger partial charge on any atom is -0.354 e. The maximum absolute atomic E-state index is 12.5. The van der Waals surface area contributed by atoms with Crippen LogP contribution in [0.4, 0.5) is 23.1 Å². The summed E-state index contributed by atoms with van der Waals surface area (Å²) in [5.41, 5.74) is 5.30. The van der Waals surface area contributed by atoms with Gasteiger partial charge in [0.05, 0.1) is 0 Å². The highest BCUT2D eigenvalue weighted by atomic mass is 16.1. The van der Waals surface area contributed by atoms with E-state index in [4.69, 9.17) is 0 Å². The Bertz CT molecular complexity index is 962. The summed E-state index contributed by atoms with van der Waals surface area (Å²) in [7, 11) is 0. The molecule has 0 unspecified atom stereocenters. The standard InChI is InChI=1S/C22H25N5O/c1-5-23-22-24-16(4)13-20(27-22)25-18-6-8-19(9-7-18)26-21(28)17-11-14(2)10-15(3)12-17/h6-13H,5H2,1-4H3,(H,26,28)(H2,23,24,25,27). The fraction of sp³-hybridized carbons (Fsp3) is 0.227. The van der Waals surface area contributed by atoms with Gasteiger partial charge in [0.1, 0.15) is 5.82 Å². The zero-order chi connectivity index (χ0) is 20.1. The third-order valence-electron chi connectivity index (χ3n) is 4.09. The molecule has 0 bridgehead atoms. The topological polar surface area (TPSA) is 78.9 Å². The Morgan fingerprint density at radius 1 is 0.893 bits per heavy atom. The lowest BCUT2D eigenvalue weighted by molar-refractivity contribution is 0.102. The van der Waals surface area contributed by atoms with Gasteiger partial charge in [-0.25, -0.2) is 4.98 Å². The number of hydrogen-bond donors (Lipinski definition) is 3. The summed E-state index contributed by atoms with van der Waals surface area (Å²) in [6.45, 7) is 8.67. The van der Waals surface area contributed by atoms with E-state index >= 15 is 0 Å². The molecule has 3 rings (SSSR count). The van der Waals surface area contributed by atoms with Crippen LogP contribution in [0.3, 0.4) is 0 Å². The fourth-order valence-electron chi connectivity index (χ4n) is 2.96. The molecule has 0 radical (unpaired) electrons. The Balaban J connectivity index is 1.69. The molecule has 0 aliphatic rings. The second-order valence-electron chi connectivity index (χ2n) is 6.78. The fourth-order valence-corrected chi connectivity index (χ4v) is 2.96. The monoisotopic (exact) mass is 375 g/mol. The van der Waals surface area contributed by atoms with Crippen molar-refractivity contribution in [2.75, 3.05) is 22.5 Å². The van der Waals surface area contributed by atoms with Gasteiger partial charge in [-0.2, -0.15) is 4.98 Å². The van der Waals surface area contributed by atoms with Crippen molar-refractivity contribution >= 4 is 29.0 Å². The first kappa shape index (κ1) is 19.4. The summed E-state index contributed by atoms with van der Waals surface area (Å²) in [5.74, 6) is 1.20. The number of anilines is 4. The third-order valence-corrected chi connectivity index (χ3v) is 4.09. The largest absolute Gasteiger partial charge is 0.354 e. The lowest BCUT2D eigenvalue weighted by Crippen LogP contribution is -2.12. The van der Waals surface area contributed by atoms with E-state index in [1.54, 1.807) is 0 Å². The average Bonchev–Trinajstić information content (AvgIpc) is 2.62. The van der Waals surface area contributed by atoms with Gasteiger partial charge in [0.2, 0.25) is 5.95 Å². The minimum absolute atomic E-state index is 0.116. The number of benzene rings is 2. The maximum Gasteiger partial charge on any atom is 0.255 e. The number of aryl methyl sites for hydroxylation is 3. The number of nitrogens with zero attached hydrogens (tertiary/aromatic N) is 2. The van der Waals surface area contributed by atoms with Gasteiger partial charge in [0.15, 0.2) is 0 Å². The van der Waals surface area contributed by atoms with E-state index in [0.29, 0.717) is 11.5 Å². The summed E-state index contributed by atoms with van der Waals surface area (Å²) in [6.07, 6.45) is 0. The van der Waals surface area contributed by atoms with Gasteiger partial charge in [-0.3, -0.25) is 4.79 Å². The van der Waals surface area contributed by atoms with Crippen molar-refractivity contribution in [2.45, 2.75) is 27.7 Å². The van der Waals surface area contributed by atoms with Crippen molar-refractivity contribution < 1.29 is 4.79 Å². The molecule has 3 N–H and O–H groups in total. The van der Waals surface area contributed by atoms with Gasteiger partial charge in [0, 0.05) is 35.2 Å². The van der Waals surface area contributed by atoms with Crippen molar-refractivity contribution in [2.24, 2.45) is 0 Å². The highest BCUT2D eigenvalue weighted by Gasteiger charge is 2.08.